The minimum Gasteiger partial charge on any atom is -0.481 e. The number of methoxy groups -OCH3 is 1. The molecule has 0 bridgehead atoms. The quantitative estimate of drug-likeness (QED) is 0.858. The average Bonchev–Trinajstić information content (AvgIpc) is 3.02. The summed E-state index contributed by atoms with van der Waals surface area (Å²) < 4.78 is 5.05. The van der Waals surface area contributed by atoms with E-state index in [4.69, 9.17) is 4.74 Å². The van der Waals surface area contributed by atoms with E-state index in [-0.39, 0.29) is 12.1 Å². The van der Waals surface area contributed by atoms with Gasteiger partial charge in [-0.15, -0.1) is 11.3 Å². The first kappa shape index (κ1) is 16.2. The number of aryl methyl sites for hydroxylation is 1. The number of carbonyl (C=O) groups is 1. The number of ether oxygens (including phenoxy) is 1. The molecule has 0 radical (unpaired) electrons. The molecule has 2 N–H and O–H groups in total. The van der Waals surface area contributed by atoms with Gasteiger partial charge in [-0.25, -0.2) is 14.8 Å². The first-order chi connectivity index (χ1) is 10.6. The van der Waals surface area contributed by atoms with E-state index in [0.29, 0.717) is 12.4 Å². The molecule has 1 atom stereocenters. The Morgan fingerprint density at radius 3 is 3.00 bits per heavy atom. The molecule has 22 heavy (non-hydrogen) atoms. The number of hydrogen-bond acceptors (Lipinski definition) is 5. The van der Waals surface area contributed by atoms with E-state index in [1.54, 1.807) is 30.7 Å². The number of nitrogens with zero attached hydrogens (tertiary/aromatic N) is 2. The Kier molecular flexibility index (Phi) is 5.71. The normalized spacial score (nSPS) is 11.8. The lowest BCUT2D eigenvalue weighted by atomic mass is 10.2. The number of pyridine rings is 1. The Hall–Kier alpha value is -2.15. The van der Waals surface area contributed by atoms with Crippen molar-refractivity contribution in [1.29, 1.82) is 0 Å². The lowest BCUT2D eigenvalue weighted by Gasteiger charge is -2.13. The summed E-state index contributed by atoms with van der Waals surface area (Å²) in [4.78, 5) is 20.4. The molecule has 6 nitrogen and oxygen atoms in total. The van der Waals surface area contributed by atoms with Crippen LogP contribution in [0.1, 0.15) is 36.2 Å². The minimum absolute atomic E-state index is 0.122. The third kappa shape index (κ3) is 4.42. The number of hydrogen-bond donors (Lipinski definition) is 2. The van der Waals surface area contributed by atoms with Crippen molar-refractivity contribution in [2.24, 2.45) is 0 Å². The van der Waals surface area contributed by atoms with E-state index in [9.17, 15) is 4.79 Å². The van der Waals surface area contributed by atoms with E-state index in [0.717, 1.165) is 22.7 Å². The first-order valence-electron chi connectivity index (χ1n) is 7.10. The van der Waals surface area contributed by atoms with Crippen LogP contribution in [0.4, 0.5) is 4.79 Å². The predicted molar refractivity (Wildman–Crippen MR) is 86.1 cm³/mol. The van der Waals surface area contributed by atoms with Gasteiger partial charge in [0.2, 0.25) is 5.88 Å². The number of nitrogens with one attached hydrogen (secondary N) is 2. The Bertz CT molecular complexity index is 630. The summed E-state index contributed by atoms with van der Waals surface area (Å²) in [5.74, 6) is 0.530. The van der Waals surface area contributed by atoms with Crippen molar-refractivity contribution in [1.82, 2.24) is 20.6 Å². The molecule has 0 aromatic carbocycles. The van der Waals surface area contributed by atoms with Gasteiger partial charge in [-0.1, -0.05) is 6.92 Å². The molecule has 2 aromatic heterocycles. The van der Waals surface area contributed by atoms with Gasteiger partial charge in [0.25, 0.3) is 0 Å². The lowest BCUT2D eigenvalue weighted by Crippen LogP contribution is -2.36. The van der Waals surface area contributed by atoms with Crippen LogP contribution in [0.2, 0.25) is 0 Å². The number of aromatic nitrogens is 2. The molecule has 7 heteroatoms. The van der Waals surface area contributed by atoms with Gasteiger partial charge >= 0.3 is 6.03 Å². The van der Waals surface area contributed by atoms with Crippen LogP contribution in [-0.2, 0) is 13.0 Å². The highest BCUT2D eigenvalue weighted by molar-refractivity contribution is 7.09. The second kappa shape index (κ2) is 7.74. The Labute approximate surface area is 133 Å². The molecule has 0 aliphatic rings. The van der Waals surface area contributed by atoms with Crippen molar-refractivity contribution in [2.75, 3.05) is 7.11 Å². The maximum atomic E-state index is 11.9. The van der Waals surface area contributed by atoms with Crippen molar-refractivity contribution in [3.05, 3.63) is 40.0 Å². The molecule has 0 saturated carbocycles. The Morgan fingerprint density at radius 2 is 2.32 bits per heavy atom. The number of amides is 2. The van der Waals surface area contributed by atoms with E-state index in [2.05, 4.69) is 27.5 Å². The third-order valence-electron chi connectivity index (χ3n) is 3.12. The zero-order chi connectivity index (χ0) is 15.9. The average molecular weight is 320 g/mol. The minimum atomic E-state index is -0.227. The second-order valence-corrected chi connectivity index (χ2v) is 5.72. The number of rotatable bonds is 6. The van der Waals surface area contributed by atoms with Gasteiger partial charge in [0.05, 0.1) is 23.9 Å². The third-order valence-corrected chi connectivity index (χ3v) is 4.14. The Balaban J connectivity index is 1.84. The summed E-state index contributed by atoms with van der Waals surface area (Å²) in [5.41, 5.74) is 1.82. The monoisotopic (exact) mass is 320 g/mol. The molecule has 0 aliphatic heterocycles. The molecule has 2 heterocycles. The van der Waals surface area contributed by atoms with Crippen molar-refractivity contribution in [3.8, 4) is 5.88 Å². The van der Waals surface area contributed by atoms with Gasteiger partial charge in [0, 0.05) is 24.2 Å². The topological polar surface area (TPSA) is 76.1 Å². The highest BCUT2D eigenvalue weighted by Crippen LogP contribution is 2.16. The van der Waals surface area contributed by atoms with Gasteiger partial charge in [-0.2, -0.15) is 0 Å². The van der Waals surface area contributed by atoms with Crippen molar-refractivity contribution in [3.63, 3.8) is 0 Å². The van der Waals surface area contributed by atoms with Crippen LogP contribution in [0.15, 0.2) is 23.7 Å². The maximum absolute atomic E-state index is 11.9. The van der Waals surface area contributed by atoms with Gasteiger partial charge in [0.1, 0.15) is 0 Å². The van der Waals surface area contributed by atoms with E-state index >= 15 is 0 Å². The summed E-state index contributed by atoms with van der Waals surface area (Å²) >= 11 is 1.62. The van der Waals surface area contributed by atoms with Gasteiger partial charge < -0.3 is 15.4 Å². The van der Waals surface area contributed by atoms with Crippen LogP contribution in [0.5, 0.6) is 5.88 Å². The fourth-order valence-corrected chi connectivity index (χ4v) is 2.70. The summed E-state index contributed by atoms with van der Waals surface area (Å²) in [5, 5.41) is 8.75. The SMILES string of the molecule is CCc1nc([C@H](C)NC(=O)NCc2ccnc(OC)c2)cs1. The second-order valence-electron chi connectivity index (χ2n) is 4.77. The van der Waals surface area contributed by atoms with Crippen molar-refractivity contribution >= 4 is 17.4 Å². The zero-order valence-corrected chi connectivity index (χ0v) is 13.7. The largest absolute Gasteiger partial charge is 0.481 e. The lowest BCUT2D eigenvalue weighted by molar-refractivity contribution is 0.237. The highest BCUT2D eigenvalue weighted by Gasteiger charge is 2.12. The molecule has 2 aromatic rings. The molecular weight excluding hydrogens is 300 g/mol. The molecule has 0 aliphatic carbocycles. The predicted octanol–water partition coefficient (Wildman–Crippen LogP) is 2.67. The number of thiazole rings is 1. The van der Waals surface area contributed by atoms with Crippen LogP contribution in [0.25, 0.3) is 0 Å². The summed E-state index contributed by atoms with van der Waals surface area (Å²) in [6, 6.07) is 3.27. The van der Waals surface area contributed by atoms with Crippen LogP contribution in [0, 0.1) is 0 Å². The fourth-order valence-electron chi connectivity index (χ4n) is 1.86. The molecule has 2 rings (SSSR count). The van der Waals surface area contributed by atoms with Crippen LogP contribution in [-0.4, -0.2) is 23.1 Å². The summed E-state index contributed by atoms with van der Waals surface area (Å²) in [6.45, 7) is 4.40. The molecule has 0 fully saturated rings. The van der Waals surface area contributed by atoms with E-state index in [1.807, 2.05) is 18.4 Å². The van der Waals surface area contributed by atoms with Crippen LogP contribution < -0.4 is 15.4 Å². The van der Waals surface area contributed by atoms with E-state index < -0.39 is 0 Å². The molecule has 2 amide bonds. The van der Waals surface area contributed by atoms with Gasteiger partial charge in [-0.3, -0.25) is 0 Å². The Morgan fingerprint density at radius 1 is 1.50 bits per heavy atom. The summed E-state index contributed by atoms with van der Waals surface area (Å²) in [7, 11) is 1.56. The molecule has 0 spiro atoms. The smallest absolute Gasteiger partial charge is 0.315 e. The molecular formula is C15H20N4O2S. The molecule has 0 unspecified atom stereocenters. The zero-order valence-electron chi connectivity index (χ0n) is 12.9. The van der Waals surface area contributed by atoms with Gasteiger partial charge in [0.15, 0.2) is 0 Å². The number of carbonyl (C=O) groups excluding carboxylic acids is 1. The summed E-state index contributed by atoms with van der Waals surface area (Å²) in [6.07, 6.45) is 2.56. The highest BCUT2D eigenvalue weighted by atomic mass is 32.1. The number of urea groups is 1. The van der Waals surface area contributed by atoms with Crippen LogP contribution in [0.3, 0.4) is 0 Å². The van der Waals surface area contributed by atoms with E-state index in [1.165, 1.54) is 0 Å². The van der Waals surface area contributed by atoms with Crippen molar-refractivity contribution < 1.29 is 9.53 Å². The molecule has 118 valence electrons. The maximum Gasteiger partial charge on any atom is 0.315 e. The standard InChI is InChI=1S/C15H20N4O2S/c1-4-14-19-12(9-22-14)10(2)18-15(20)17-8-11-5-6-16-13(7-11)21-3/h5-7,9-10H,4,8H2,1-3H3,(H2,17,18,20)/t10-/m0/s1. The van der Waals surface area contributed by atoms with Gasteiger partial charge in [-0.05, 0) is 25.0 Å². The fraction of sp³-hybridized carbons (Fsp3) is 0.400. The molecule has 0 saturated heterocycles. The first-order valence-corrected chi connectivity index (χ1v) is 7.98. The van der Waals surface area contributed by atoms with Crippen LogP contribution >= 0.6 is 11.3 Å². The van der Waals surface area contributed by atoms with Crippen molar-refractivity contribution in [2.45, 2.75) is 32.9 Å².